The van der Waals surface area contributed by atoms with E-state index in [2.05, 4.69) is 0 Å². The summed E-state index contributed by atoms with van der Waals surface area (Å²) in [7, 11) is 0. The minimum atomic E-state index is -0.436. The first-order chi connectivity index (χ1) is 6.61. The van der Waals surface area contributed by atoms with Crippen LogP contribution in [0, 0.1) is 33.8 Å². The number of esters is 1. The second-order valence-corrected chi connectivity index (χ2v) is 4.57. The summed E-state index contributed by atoms with van der Waals surface area (Å²) >= 11 is 0. The number of nitro groups is 1. The van der Waals surface area contributed by atoms with E-state index in [1.807, 2.05) is 0 Å². The number of ether oxygens (including phenoxy) is 1. The Bertz CT molecular complexity index is 329. The molecule has 4 aliphatic carbocycles. The third kappa shape index (κ3) is 0.779. The molecule has 0 N–H and O–H groups in total. The Balaban J connectivity index is 1.81. The lowest BCUT2D eigenvalue weighted by atomic mass is 10.1. The fraction of sp³-hybridized carbons (Fsp3) is 0.889. The summed E-state index contributed by atoms with van der Waals surface area (Å²) in [5.74, 6) is 0.669. The summed E-state index contributed by atoms with van der Waals surface area (Å²) in [6.07, 6.45) is 0.733. The molecule has 4 aliphatic rings. The lowest BCUT2D eigenvalue weighted by Gasteiger charge is -2.15. The molecule has 4 rings (SSSR count). The van der Waals surface area contributed by atoms with Crippen molar-refractivity contribution in [2.75, 3.05) is 0 Å². The van der Waals surface area contributed by atoms with E-state index in [-0.39, 0.29) is 28.8 Å². The van der Waals surface area contributed by atoms with Crippen LogP contribution in [0.4, 0.5) is 0 Å². The molecule has 0 radical (unpaired) electrons. The molecule has 0 heterocycles. The van der Waals surface area contributed by atoms with Gasteiger partial charge >= 0.3 is 5.97 Å². The van der Waals surface area contributed by atoms with Gasteiger partial charge in [-0.15, -0.1) is 0 Å². The lowest BCUT2D eigenvalue weighted by Crippen LogP contribution is -2.30. The highest BCUT2D eigenvalue weighted by Gasteiger charge is 2.79. The molecule has 0 aromatic heterocycles. The number of carbonyl (C=O) groups excluding carboxylic acids is 1. The number of hydrogen-bond acceptors (Lipinski definition) is 4. The molecule has 4 bridgehead atoms. The van der Waals surface area contributed by atoms with E-state index in [9.17, 15) is 14.9 Å². The van der Waals surface area contributed by atoms with Crippen molar-refractivity contribution < 1.29 is 14.5 Å². The van der Waals surface area contributed by atoms with E-state index in [0.29, 0.717) is 11.8 Å². The van der Waals surface area contributed by atoms with Crippen LogP contribution in [-0.2, 0) is 9.53 Å². The minimum Gasteiger partial charge on any atom is -0.462 e. The molecular formula is C9H11NO4. The van der Waals surface area contributed by atoms with Gasteiger partial charge in [-0.05, 0) is 12.3 Å². The Labute approximate surface area is 80.6 Å². The number of carbonyl (C=O) groups is 1. The molecule has 4 fully saturated rings. The topological polar surface area (TPSA) is 69.4 Å². The van der Waals surface area contributed by atoms with Crippen LogP contribution >= 0.6 is 0 Å². The molecule has 14 heavy (non-hydrogen) atoms. The molecule has 6 atom stereocenters. The predicted octanol–water partition coefficient (Wildman–Crippen LogP) is 0.459. The Morgan fingerprint density at radius 2 is 2.14 bits per heavy atom. The second kappa shape index (κ2) is 2.27. The van der Waals surface area contributed by atoms with E-state index in [1.165, 1.54) is 6.92 Å². The molecule has 0 amide bonds. The van der Waals surface area contributed by atoms with Crippen LogP contribution in [0.5, 0.6) is 0 Å². The highest BCUT2D eigenvalue weighted by atomic mass is 16.6. The summed E-state index contributed by atoms with van der Waals surface area (Å²) in [5, 5.41) is 10.8. The van der Waals surface area contributed by atoms with Crippen molar-refractivity contribution in [3.8, 4) is 0 Å². The van der Waals surface area contributed by atoms with Crippen LogP contribution in [0.2, 0.25) is 0 Å². The van der Waals surface area contributed by atoms with Gasteiger partial charge in [-0.25, -0.2) is 0 Å². The smallest absolute Gasteiger partial charge is 0.302 e. The summed E-state index contributed by atoms with van der Waals surface area (Å²) in [6.45, 7) is 1.37. The van der Waals surface area contributed by atoms with Crippen molar-refractivity contribution in [2.45, 2.75) is 25.5 Å². The SMILES string of the molecule is CC(=O)O[C@@H]1C2C3[C@H]2C[C@H]1[C@@H]3[N+](=O)[O-]. The first kappa shape index (κ1) is 8.20. The molecular weight excluding hydrogens is 186 g/mol. The molecule has 2 unspecified atom stereocenters. The van der Waals surface area contributed by atoms with E-state index < -0.39 is 6.04 Å². The van der Waals surface area contributed by atoms with Crippen molar-refractivity contribution in [3.05, 3.63) is 10.1 Å². The van der Waals surface area contributed by atoms with Gasteiger partial charge in [0.1, 0.15) is 6.10 Å². The van der Waals surface area contributed by atoms with E-state index in [4.69, 9.17) is 4.74 Å². The monoisotopic (exact) mass is 197 g/mol. The van der Waals surface area contributed by atoms with Crippen molar-refractivity contribution in [1.82, 2.24) is 0 Å². The average Bonchev–Trinajstić information content (AvgIpc) is 2.42. The van der Waals surface area contributed by atoms with Crippen LogP contribution in [-0.4, -0.2) is 23.0 Å². The zero-order valence-corrected chi connectivity index (χ0v) is 7.75. The Kier molecular flexibility index (Phi) is 1.33. The van der Waals surface area contributed by atoms with E-state index >= 15 is 0 Å². The van der Waals surface area contributed by atoms with Crippen molar-refractivity contribution in [1.29, 1.82) is 0 Å². The Morgan fingerprint density at radius 3 is 2.57 bits per heavy atom. The average molecular weight is 197 g/mol. The second-order valence-electron chi connectivity index (χ2n) is 4.57. The Hall–Kier alpha value is -1.13. The molecule has 0 aromatic carbocycles. The molecule has 0 aromatic rings. The highest BCUT2D eigenvalue weighted by molar-refractivity contribution is 5.66. The molecule has 0 saturated heterocycles. The van der Waals surface area contributed by atoms with Crippen molar-refractivity contribution in [2.24, 2.45) is 23.7 Å². The standard InChI is InChI=1S/C9H11NO4/c1-3(11)14-9-5-2-4-6(7(4)9)8(5)10(12)13/h4-9H,2H2,1H3/t4-,5+,6?,7?,8+,9+/m1/s1. The van der Waals surface area contributed by atoms with Gasteiger partial charge in [-0.2, -0.15) is 0 Å². The van der Waals surface area contributed by atoms with Crippen molar-refractivity contribution >= 4 is 5.97 Å². The fourth-order valence-corrected chi connectivity index (χ4v) is 3.69. The van der Waals surface area contributed by atoms with Gasteiger partial charge in [0, 0.05) is 23.7 Å². The van der Waals surface area contributed by atoms with Crippen molar-refractivity contribution in [3.63, 3.8) is 0 Å². The van der Waals surface area contributed by atoms with Gasteiger partial charge < -0.3 is 4.74 Å². The van der Waals surface area contributed by atoms with Crippen LogP contribution in [0.3, 0.4) is 0 Å². The molecule has 0 aliphatic heterocycles. The van der Waals surface area contributed by atoms with Gasteiger partial charge in [0.2, 0.25) is 6.04 Å². The summed E-state index contributed by atoms with van der Waals surface area (Å²) in [6, 6.07) is -0.436. The molecule has 5 heteroatoms. The van der Waals surface area contributed by atoms with E-state index in [1.54, 1.807) is 0 Å². The molecule has 5 nitrogen and oxygen atoms in total. The van der Waals surface area contributed by atoms with Gasteiger partial charge in [0.05, 0.1) is 5.92 Å². The third-order valence-electron chi connectivity index (χ3n) is 4.02. The molecule has 0 spiro atoms. The van der Waals surface area contributed by atoms with Crippen LogP contribution in [0.1, 0.15) is 13.3 Å². The first-order valence-electron chi connectivity index (χ1n) is 4.92. The number of nitrogens with zero attached hydrogens (tertiary/aromatic N) is 1. The maximum Gasteiger partial charge on any atom is 0.302 e. The largest absolute Gasteiger partial charge is 0.462 e. The maximum atomic E-state index is 10.8. The minimum absolute atomic E-state index is 0.00565. The number of hydrogen-bond donors (Lipinski definition) is 0. The third-order valence-corrected chi connectivity index (χ3v) is 4.02. The van der Waals surface area contributed by atoms with Gasteiger partial charge in [0.25, 0.3) is 0 Å². The maximum absolute atomic E-state index is 10.8. The van der Waals surface area contributed by atoms with Crippen LogP contribution < -0.4 is 0 Å². The molecule has 4 saturated carbocycles. The molecule has 76 valence electrons. The zero-order valence-electron chi connectivity index (χ0n) is 7.75. The predicted molar refractivity (Wildman–Crippen MR) is 44.9 cm³/mol. The first-order valence-corrected chi connectivity index (χ1v) is 4.92. The quantitative estimate of drug-likeness (QED) is 0.366. The van der Waals surface area contributed by atoms with Gasteiger partial charge in [0.15, 0.2) is 0 Å². The van der Waals surface area contributed by atoms with E-state index in [0.717, 1.165) is 6.42 Å². The highest BCUT2D eigenvalue weighted by Crippen LogP contribution is 2.71. The fourth-order valence-electron chi connectivity index (χ4n) is 3.69. The summed E-state index contributed by atoms with van der Waals surface area (Å²) < 4.78 is 5.16. The Morgan fingerprint density at radius 1 is 1.43 bits per heavy atom. The van der Waals surface area contributed by atoms with Gasteiger partial charge in [-0.1, -0.05) is 0 Å². The van der Waals surface area contributed by atoms with Gasteiger partial charge in [-0.3, -0.25) is 14.9 Å². The van der Waals surface area contributed by atoms with Crippen LogP contribution in [0.25, 0.3) is 0 Å². The number of rotatable bonds is 2. The summed E-state index contributed by atoms with van der Waals surface area (Å²) in [5.41, 5.74) is 0. The zero-order chi connectivity index (χ0) is 10.0. The summed E-state index contributed by atoms with van der Waals surface area (Å²) in [4.78, 5) is 21.4. The normalized spacial score (nSPS) is 51.8. The van der Waals surface area contributed by atoms with Crippen LogP contribution in [0.15, 0.2) is 0 Å². The lowest BCUT2D eigenvalue weighted by molar-refractivity contribution is -0.531.